The Hall–Kier alpha value is -0.220. The summed E-state index contributed by atoms with van der Waals surface area (Å²) in [6, 6.07) is 0. The van der Waals surface area contributed by atoms with Gasteiger partial charge in [-0.1, -0.05) is 41.5 Å². The van der Waals surface area contributed by atoms with Crippen molar-refractivity contribution in [2.24, 2.45) is 16.7 Å². The Kier molecular flexibility index (Phi) is 6.72. The lowest BCUT2D eigenvalue weighted by atomic mass is 9.72. The van der Waals surface area contributed by atoms with Gasteiger partial charge in [-0.05, 0) is 17.3 Å². The normalized spacial score (nSPS) is 16.2. The molecule has 0 aromatic carbocycles. The van der Waals surface area contributed by atoms with Gasteiger partial charge in [0.2, 0.25) is 0 Å². The summed E-state index contributed by atoms with van der Waals surface area (Å²) in [5.74, 6) is -0.0879. The number of ether oxygens (including phenoxy) is 1. The van der Waals surface area contributed by atoms with E-state index >= 15 is 0 Å². The molecule has 2 atom stereocenters. The second-order valence-electron chi connectivity index (χ2n) is 7.15. The molecule has 3 nitrogen and oxygen atoms in total. The second-order valence-corrected chi connectivity index (χ2v) is 7.51. The number of rotatable bonds is 5. The van der Waals surface area contributed by atoms with Crippen LogP contribution < -0.4 is 0 Å². The molecule has 0 fully saturated rings. The Labute approximate surface area is 117 Å². The molecule has 0 amide bonds. The van der Waals surface area contributed by atoms with Gasteiger partial charge in [0.1, 0.15) is 6.61 Å². The number of aliphatic hydroxyl groups excluding tert-OH is 1. The predicted molar refractivity (Wildman–Crippen MR) is 77.8 cm³/mol. The molecule has 0 aliphatic heterocycles. The Bertz CT molecular complexity index is 263. The number of aliphatic hydroxyl groups is 1. The smallest absolute Gasteiger partial charge is 0.309 e. The van der Waals surface area contributed by atoms with E-state index in [1.54, 1.807) is 0 Å². The van der Waals surface area contributed by atoms with Gasteiger partial charge < -0.3 is 9.84 Å². The first-order valence-electron chi connectivity index (χ1n) is 6.43. The van der Waals surface area contributed by atoms with Crippen molar-refractivity contribution in [1.82, 2.24) is 0 Å². The van der Waals surface area contributed by atoms with Crippen LogP contribution in [0.3, 0.4) is 0 Å². The summed E-state index contributed by atoms with van der Waals surface area (Å²) < 4.78 is 5.19. The van der Waals surface area contributed by atoms with E-state index in [2.05, 4.69) is 33.4 Å². The van der Waals surface area contributed by atoms with Gasteiger partial charge in [0.15, 0.2) is 0 Å². The van der Waals surface area contributed by atoms with Gasteiger partial charge in [-0.3, -0.25) is 4.79 Å². The van der Waals surface area contributed by atoms with Crippen molar-refractivity contribution in [2.75, 3.05) is 12.4 Å². The van der Waals surface area contributed by atoms with Gasteiger partial charge in [-0.25, -0.2) is 0 Å². The maximum absolute atomic E-state index is 12.1. The lowest BCUT2D eigenvalue weighted by Crippen LogP contribution is -2.35. The fraction of sp³-hybridized carbons (Fsp3) is 0.929. The SMILES string of the molecule is CC(C)(C)CC(C(=O)OCC(O)CS)C(C)(C)C. The largest absolute Gasteiger partial charge is 0.463 e. The van der Waals surface area contributed by atoms with Crippen molar-refractivity contribution in [2.45, 2.75) is 54.1 Å². The lowest BCUT2D eigenvalue weighted by Gasteiger charge is -2.33. The molecule has 0 aliphatic carbocycles. The molecule has 0 spiro atoms. The fourth-order valence-electron chi connectivity index (χ4n) is 1.69. The highest BCUT2D eigenvalue weighted by Gasteiger charge is 2.35. The number of esters is 1. The topological polar surface area (TPSA) is 46.5 Å². The third kappa shape index (κ3) is 7.27. The van der Waals surface area contributed by atoms with Crippen molar-refractivity contribution in [3.8, 4) is 0 Å². The Morgan fingerprint density at radius 3 is 2.06 bits per heavy atom. The van der Waals surface area contributed by atoms with Crippen LogP contribution in [0.4, 0.5) is 0 Å². The van der Waals surface area contributed by atoms with Gasteiger partial charge in [0.05, 0.1) is 12.0 Å². The van der Waals surface area contributed by atoms with Crippen LogP contribution in [0.2, 0.25) is 0 Å². The minimum absolute atomic E-state index is 0.0268. The molecule has 0 heterocycles. The van der Waals surface area contributed by atoms with Crippen LogP contribution >= 0.6 is 12.6 Å². The highest BCUT2D eigenvalue weighted by atomic mass is 32.1. The molecule has 4 heteroatoms. The minimum atomic E-state index is -0.687. The maximum atomic E-state index is 12.1. The van der Waals surface area contributed by atoms with E-state index in [9.17, 15) is 9.90 Å². The van der Waals surface area contributed by atoms with Gasteiger partial charge >= 0.3 is 5.97 Å². The molecule has 0 aromatic heterocycles. The van der Waals surface area contributed by atoms with Gasteiger partial charge in [0.25, 0.3) is 0 Å². The molecule has 108 valence electrons. The molecule has 0 aliphatic rings. The van der Waals surface area contributed by atoms with Crippen LogP contribution in [0.5, 0.6) is 0 Å². The molecule has 0 rings (SSSR count). The number of hydrogen-bond acceptors (Lipinski definition) is 4. The van der Waals surface area contributed by atoms with Gasteiger partial charge in [0, 0.05) is 5.75 Å². The van der Waals surface area contributed by atoms with Crippen molar-refractivity contribution in [1.29, 1.82) is 0 Å². The standard InChI is InChI=1S/C14H28O3S/c1-13(2,3)7-11(14(4,5)6)12(16)17-8-10(15)9-18/h10-11,15,18H,7-9H2,1-6H3. The van der Waals surface area contributed by atoms with Gasteiger partial charge in [-0.15, -0.1) is 0 Å². The van der Waals surface area contributed by atoms with Crippen molar-refractivity contribution in [3.05, 3.63) is 0 Å². The summed E-state index contributed by atoms with van der Waals surface area (Å²) in [5.41, 5.74) is -0.0740. The molecular formula is C14H28O3S. The average Bonchev–Trinajstić information content (AvgIpc) is 2.19. The predicted octanol–water partition coefficient (Wildman–Crippen LogP) is 2.92. The molecular weight excluding hydrogens is 248 g/mol. The van der Waals surface area contributed by atoms with Gasteiger partial charge in [-0.2, -0.15) is 12.6 Å². The molecule has 18 heavy (non-hydrogen) atoms. The average molecular weight is 276 g/mol. The van der Waals surface area contributed by atoms with E-state index in [0.29, 0.717) is 5.75 Å². The second kappa shape index (κ2) is 6.80. The molecule has 1 N–H and O–H groups in total. The Morgan fingerprint density at radius 1 is 1.22 bits per heavy atom. The van der Waals surface area contributed by atoms with Crippen LogP contribution in [0.25, 0.3) is 0 Å². The molecule has 2 unspecified atom stereocenters. The van der Waals surface area contributed by atoms with Crippen LogP contribution in [0.1, 0.15) is 48.0 Å². The zero-order valence-electron chi connectivity index (χ0n) is 12.5. The van der Waals surface area contributed by atoms with E-state index in [4.69, 9.17) is 4.74 Å². The zero-order valence-corrected chi connectivity index (χ0v) is 13.4. The first-order chi connectivity index (χ1) is 7.97. The fourth-order valence-corrected chi connectivity index (χ4v) is 1.79. The Morgan fingerprint density at radius 2 is 1.72 bits per heavy atom. The molecule has 0 saturated carbocycles. The molecule has 0 radical (unpaired) electrons. The highest BCUT2D eigenvalue weighted by molar-refractivity contribution is 7.80. The number of hydrogen-bond donors (Lipinski definition) is 2. The first kappa shape index (κ1) is 17.8. The third-order valence-electron chi connectivity index (χ3n) is 2.78. The van der Waals surface area contributed by atoms with E-state index in [-0.39, 0.29) is 29.3 Å². The van der Waals surface area contributed by atoms with Crippen LogP contribution in [-0.2, 0) is 9.53 Å². The van der Waals surface area contributed by atoms with E-state index in [1.165, 1.54) is 0 Å². The monoisotopic (exact) mass is 276 g/mol. The maximum Gasteiger partial charge on any atom is 0.309 e. The first-order valence-corrected chi connectivity index (χ1v) is 7.06. The summed E-state index contributed by atoms with van der Waals surface area (Å²) in [6.07, 6.45) is 0.0827. The third-order valence-corrected chi connectivity index (χ3v) is 3.20. The number of thiol groups is 1. The molecule has 0 bridgehead atoms. The van der Waals surface area contributed by atoms with Crippen molar-refractivity contribution < 1.29 is 14.6 Å². The number of carbonyl (C=O) groups excluding carboxylic acids is 1. The van der Waals surface area contributed by atoms with E-state index in [1.807, 2.05) is 20.8 Å². The minimum Gasteiger partial charge on any atom is -0.463 e. The van der Waals surface area contributed by atoms with Crippen LogP contribution in [0.15, 0.2) is 0 Å². The molecule has 0 saturated heterocycles. The summed E-state index contributed by atoms with van der Waals surface area (Å²) in [5, 5.41) is 9.37. The van der Waals surface area contributed by atoms with Crippen molar-refractivity contribution >= 4 is 18.6 Å². The highest BCUT2D eigenvalue weighted by Crippen LogP contribution is 2.36. The van der Waals surface area contributed by atoms with Crippen LogP contribution in [0, 0.1) is 16.7 Å². The summed E-state index contributed by atoms with van der Waals surface area (Å²) in [6.45, 7) is 12.5. The molecule has 0 aromatic rings. The van der Waals surface area contributed by atoms with E-state index < -0.39 is 6.10 Å². The number of carbonyl (C=O) groups is 1. The van der Waals surface area contributed by atoms with Crippen molar-refractivity contribution in [3.63, 3.8) is 0 Å². The summed E-state index contributed by atoms with van der Waals surface area (Å²) in [4.78, 5) is 12.1. The van der Waals surface area contributed by atoms with E-state index in [0.717, 1.165) is 6.42 Å². The summed E-state index contributed by atoms with van der Waals surface area (Å²) in [7, 11) is 0. The Balaban J connectivity index is 4.63. The lowest BCUT2D eigenvalue weighted by molar-refractivity contribution is -0.156. The quantitative estimate of drug-likeness (QED) is 0.599. The summed E-state index contributed by atoms with van der Waals surface area (Å²) >= 11 is 3.95. The van der Waals surface area contributed by atoms with Crippen LogP contribution in [-0.4, -0.2) is 29.5 Å². The zero-order chi connectivity index (χ0) is 14.6.